The fourth-order valence-corrected chi connectivity index (χ4v) is 2.86. The predicted octanol–water partition coefficient (Wildman–Crippen LogP) is 0.160. The van der Waals surface area contributed by atoms with E-state index in [0.717, 1.165) is 0 Å². The van der Waals surface area contributed by atoms with E-state index in [1.54, 1.807) is 11.9 Å². The van der Waals surface area contributed by atoms with Crippen LogP contribution in [0, 0.1) is 5.92 Å². The minimum Gasteiger partial charge on any atom is -0.481 e. The van der Waals surface area contributed by atoms with Gasteiger partial charge in [0.2, 0.25) is 5.91 Å². The second kappa shape index (κ2) is 6.11. The summed E-state index contributed by atoms with van der Waals surface area (Å²) >= 11 is 0. The van der Waals surface area contributed by atoms with Gasteiger partial charge < -0.3 is 20.6 Å². The first-order valence-electron chi connectivity index (χ1n) is 6.99. The molecule has 0 aromatic rings. The predicted molar refractivity (Wildman–Crippen MR) is 71.1 cm³/mol. The highest BCUT2D eigenvalue weighted by Gasteiger charge is 2.30. The molecule has 2 aliphatic rings. The molecule has 0 aromatic heterocycles. The molecule has 112 valence electrons. The molecule has 3 amide bonds. The van der Waals surface area contributed by atoms with E-state index < -0.39 is 5.97 Å². The lowest BCUT2D eigenvalue weighted by atomic mass is 9.86. The number of carboxylic acids is 1. The average molecular weight is 283 g/mol. The van der Waals surface area contributed by atoms with Gasteiger partial charge in [-0.15, -0.1) is 0 Å². The summed E-state index contributed by atoms with van der Waals surface area (Å²) < 4.78 is 0. The average Bonchev–Trinajstić information content (AvgIpc) is 2.68. The molecule has 7 nitrogen and oxygen atoms in total. The third-order valence-electron chi connectivity index (χ3n) is 4.09. The molecule has 3 N–H and O–H groups in total. The second-order valence-electron chi connectivity index (χ2n) is 5.68. The number of likely N-dealkylation sites (tertiary alicyclic amines) is 1. The second-order valence-corrected chi connectivity index (χ2v) is 5.68. The molecule has 2 fully saturated rings. The van der Waals surface area contributed by atoms with Gasteiger partial charge in [0.25, 0.3) is 0 Å². The molecule has 0 bridgehead atoms. The smallest absolute Gasteiger partial charge is 0.315 e. The highest BCUT2D eigenvalue weighted by atomic mass is 16.4. The zero-order chi connectivity index (χ0) is 14.7. The fourth-order valence-electron chi connectivity index (χ4n) is 2.86. The molecular formula is C13H21N3O4. The largest absolute Gasteiger partial charge is 0.481 e. The highest BCUT2D eigenvalue weighted by Crippen LogP contribution is 2.24. The van der Waals surface area contributed by atoms with Crippen LogP contribution in [0.1, 0.15) is 32.1 Å². The Labute approximate surface area is 117 Å². The van der Waals surface area contributed by atoms with Crippen LogP contribution in [0.3, 0.4) is 0 Å². The van der Waals surface area contributed by atoms with Crippen molar-refractivity contribution in [3.8, 4) is 0 Å². The number of amides is 3. The molecule has 1 heterocycles. The van der Waals surface area contributed by atoms with E-state index >= 15 is 0 Å². The lowest BCUT2D eigenvalue weighted by Crippen LogP contribution is -2.48. The number of rotatable bonds is 3. The van der Waals surface area contributed by atoms with Crippen LogP contribution in [0.25, 0.3) is 0 Å². The van der Waals surface area contributed by atoms with E-state index in [4.69, 9.17) is 5.11 Å². The topological polar surface area (TPSA) is 98.7 Å². The molecule has 1 unspecified atom stereocenters. The van der Waals surface area contributed by atoms with E-state index in [1.165, 1.54) is 0 Å². The van der Waals surface area contributed by atoms with Crippen LogP contribution in [0.5, 0.6) is 0 Å². The molecule has 1 atom stereocenters. The van der Waals surface area contributed by atoms with Crippen molar-refractivity contribution in [1.82, 2.24) is 15.5 Å². The van der Waals surface area contributed by atoms with E-state index in [1.807, 2.05) is 0 Å². The van der Waals surface area contributed by atoms with Crippen LogP contribution >= 0.6 is 0 Å². The molecule has 1 aliphatic heterocycles. The lowest BCUT2D eigenvalue weighted by Gasteiger charge is -2.27. The van der Waals surface area contributed by atoms with E-state index in [2.05, 4.69) is 10.6 Å². The molecule has 0 spiro atoms. The number of likely N-dealkylation sites (N-methyl/N-ethyl adjacent to an activating group) is 1. The Kier molecular flexibility index (Phi) is 4.46. The Morgan fingerprint density at radius 1 is 1.15 bits per heavy atom. The van der Waals surface area contributed by atoms with Crippen LogP contribution in [0.4, 0.5) is 4.79 Å². The normalized spacial score (nSPS) is 30.1. The number of aliphatic carboxylic acids is 1. The fraction of sp³-hybridized carbons (Fsp3) is 0.769. The zero-order valence-electron chi connectivity index (χ0n) is 11.6. The van der Waals surface area contributed by atoms with Gasteiger partial charge in [-0.05, 0) is 25.7 Å². The summed E-state index contributed by atoms with van der Waals surface area (Å²) in [6, 6.07) is -0.375. The van der Waals surface area contributed by atoms with Crippen LogP contribution in [-0.4, -0.2) is 53.6 Å². The summed E-state index contributed by atoms with van der Waals surface area (Å²) in [5, 5.41) is 14.6. The number of hydrogen-bond donors (Lipinski definition) is 3. The molecular weight excluding hydrogens is 262 g/mol. The first-order chi connectivity index (χ1) is 9.45. The molecule has 1 saturated carbocycles. The van der Waals surface area contributed by atoms with Gasteiger partial charge in [-0.25, -0.2) is 4.79 Å². The number of carbonyl (C=O) groups is 3. The zero-order valence-corrected chi connectivity index (χ0v) is 11.6. The van der Waals surface area contributed by atoms with Crippen LogP contribution in [0.2, 0.25) is 0 Å². The van der Waals surface area contributed by atoms with Crippen molar-refractivity contribution in [2.75, 3.05) is 13.6 Å². The first-order valence-corrected chi connectivity index (χ1v) is 6.99. The van der Waals surface area contributed by atoms with Crippen molar-refractivity contribution in [2.45, 2.75) is 44.2 Å². The van der Waals surface area contributed by atoms with Crippen molar-refractivity contribution in [1.29, 1.82) is 0 Å². The maximum atomic E-state index is 11.8. The number of carboxylic acid groups (broad SMARTS) is 1. The van der Waals surface area contributed by atoms with Crippen molar-refractivity contribution in [3.63, 3.8) is 0 Å². The Morgan fingerprint density at radius 2 is 1.75 bits per heavy atom. The van der Waals surface area contributed by atoms with Crippen LogP contribution in [0.15, 0.2) is 0 Å². The van der Waals surface area contributed by atoms with Crippen LogP contribution in [-0.2, 0) is 9.59 Å². The maximum absolute atomic E-state index is 11.8. The first kappa shape index (κ1) is 14.6. The molecule has 7 heteroatoms. The molecule has 1 saturated heterocycles. The maximum Gasteiger partial charge on any atom is 0.315 e. The minimum absolute atomic E-state index is 0.0282. The number of nitrogens with zero attached hydrogens (tertiary/aromatic N) is 1. The third kappa shape index (κ3) is 3.61. The number of carbonyl (C=O) groups excluding carboxylic acids is 2. The number of urea groups is 1. The van der Waals surface area contributed by atoms with Gasteiger partial charge in [0.15, 0.2) is 0 Å². The Bertz CT molecular complexity index is 404. The molecule has 20 heavy (non-hydrogen) atoms. The molecule has 0 aromatic carbocycles. The third-order valence-corrected chi connectivity index (χ3v) is 4.09. The van der Waals surface area contributed by atoms with E-state index in [9.17, 15) is 14.4 Å². The van der Waals surface area contributed by atoms with E-state index in [-0.39, 0.29) is 29.9 Å². The summed E-state index contributed by atoms with van der Waals surface area (Å²) in [5.74, 6) is -0.991. The SMILES string of the molecule is CN1CC(NC(=O)NC2CCC(C(=O)O)CC2)CC1=O. The van der Waals surface area contributed by atoms with Gasteiger partial charge in [0, 0.05) is 26.1 Å². The minimum atomic E-state index is -0.750. The van der Waals surface area contributed by atoms with Gasteiger partial charge >= 0.3 is 12.0 Å². The standard InChI is InChI=1S/C13H21N3O4/c1-16-7-10(6-11(16)17)15-13(20)14-9-4-2-8(3-5-9)12(18)19/h8-10H,2-7H2,1H3,(H,18,19)(H2,14,15,20). The van der Waals surface area contributed by atoms with Gasteiger partial charge in [-0.3, -0.25) is 9.59 Å². The number of hydrogen-bond acceptors (Lipinski definition) is 3. The quantitative estimate of drug-likeness (QED) is 0.687. The molecule has 2 rings (SSSR count). The molecule has 1 aliphatic carbocycles. The van der Waals surface area contributed by atoms with Gasteiger partial charge in [0.05, 0.1) is 12.0 Å². The lowest BCUT2D eigenvalue weighted by molar-refractivity contribution is -0.142. The summed E-state index contributed by atoms with van der Waals surface area (Å²) in [6.07, 6.45) is 2.92. The van der Waals surface area contributed by atoms with Crippen molar-refractivity contribution in [3.05, 3.63) is 0 Å². The summed E-state index contributed by atoms with van der Waals surface area (Å²) in [6.45, 7) is 0.540. The van der Waals surface area contributed by atoms with E-state index in [0.29, 0.717) is 38.6 Å². The van der Waals surface area contributed by atoms with Crippen LogP contribution < -0.4 is 10.6 Å². The Balaban J connectivity index is 1.71. The van der Waals surface area contributed by atoms with Gasteiger partial charge in [-0.2, -0.15) is 0 Å². The van der Waals surface area contributed by atoms with Crippen molar-refractivity contribution >= 4 is 17.9 Å². The number of nitrogens with one attached hydrogen (secondary N) is 2. The Morgan fingerprint density at radius 3 is 2.25 bits per heavy atom. The summed E-state index contributed by atoms with van der Waals surface area (Å²) in [7, 11) is 1.72. The highest BCUT2D eigenvalue weighted by molar-refractivity contribution is 5.81. The molecule has 0 radical (unpaired) electrons. The van der Waals surface area contributed by atoms with Gasteiger partial charge in [-0.1, -0.05) is 0 Å². The van der Waals surface area contributed by atoms with Crippen molar-refractivity contribution < 1.29 is 19.5 Å². The van der Waals surface area contributed by atoms with Crippen molar-refractivity contribution in [2.24, 2.45) is 5.92 Å². The monoisotopic (exact) mass is 283 g/mol. The van der Waals surface area contributed by atoms with Gasteiger partial charge in [0.1, 0.15) is 0 Å². The summed E-state index contributed by atoms with van der Waals surface area (Å²) in [5.41, 5.74) is 0. The Hall–Kier alpha value is -1.79. The summed E-state index contributed by atoms with van der Waals surface area (Å²) in [4.78, 5) is 35.6.